The fourth-order valence-electron chi connectivity index (χ4n) is 16.3. The Morgan fingerprint density at radius 3 is 1.12 bits per heavy atom. The van der Waals surface area contributed by atoms with E-state index in [1.807, 2.05) is 0 Å². The third kappa shape index (κ3) is 13.9. The molecular formula is C68H94Cl2N18O17. The number of fused-ring (bicyclic) bond motifs is 14. The minimum atomic E-state index is -2.29. The molecule has 8 saturated heterocycles. The van der Waals surface area contributed by atoms with Crippen molar-refractivity contribution in [2.24, 2.45) is 11.8 Å². The van der Waals surface area contributed by atoms with Gasteiger partial charge in [0.1, 0.15) is 96.0 Å². The van der Waals surface area contributed by atoms with Crippen LogP contribution in [0, 0.1) is 11.8 Å². The largest absolute Gasteiger partial charge is 0.391 e. The van der Waals surface area contributed by atoms with Gasteiger partial charge in [0.25, 0.3) is 23.6 Å². The van der Waals surface area contributed by atoms with E-state index < -0.39 is 210 Å². The smallest absolute Gasteiger partial charge is 0.261 e. The van der Waals surface area contributed by atoms with Crippen LogP contribution in [0.5, 0.6) is 0 Å². The van der Waals surface area contributed by atoms with E-state index in [1.54, 1.807) is 34.6 Å². The lowest BCUT2D eigenvalue weighted by molar-refractivity contribution is -0.161. The highest BCUT2D eigenvalue weighted by Gasteiger charge is 2.64. The summed E-state index contributed by atoms with van der Waals surface area (Å²) in [6.45, 7) is 11.3. The molecular weight excluding hydrogens is 1410 g/mol. The molecule has 12 rings (SSSR count). The highest BCUT2D eigenvalue weighted by Crippen LogP contribution is 2.55. The number of aliphatic hydroxyl groups is 4. The predicted molar refractivity (Wildman–Crippen MR) is 373 cm³/mol. The van der Waals surface area contributed by atoms with Gasteiger partial charge in [-0.25, -0.2) is 21.7 Å². The average Bonchev–Trinajstić information content (AvgIpc) is 1.55. The summed E-state index contributed by atoms with van der Waals surface area (Å²) in [7, 11) is 1.27. The van der Waals surface area contributed by atoms with Crippen LogP contribution in [0.25, 0.3) is 11.1 Å². The first kappa shape index (κ1) is 76.5. The number of nitrogens with one attached hydrogen (secondary N) is 12. The van der Waals surface area contributed by atoms with Crippen molar-refractivity contribution in [3.05, 3.63) is 45.4 Å². The molecule has 0 spiro atoms. The summed E-state index contributed by atoms with van der Waals surface area (Å²) < 4.78 is 5.36. The molecule has 18 atom stereocenters. The number of anilines is 2. The van der Waals surface area contributed by atoms with Gasteiger partial charge in [-0.05, 0) is 108 Å². The number of halogens is 2. The summed E-state index contributed by atoms with van der Waals surface area (Å²) in [5.41, 5.74) is 8.04. The summed E-state index contributed by atoms with van der Waals surface area (Å²) in [6, 6.07) is -11.7. The lowest BCUT2D eigenvalue weighted by Crippen LogP contribution is -2.69. The van der Waals surface area contributed by atoms with Crippen LogP contribution in [-0.2, 0) is 73.5 Å². The molecule has 35 nitrogen and oxygen atoms in total. The number of rotatable bonds is 8. The normalized spacial score (nSPS) is 33.8. The van der Waals surface area contributed by atoms with Crippen molar-refractivity contribution in [1.29, 1.82) is 0 Å². The van der Waals surface area contributed by atoms with Crippen LogP contribution < -0.4 is 64.2 Å². The molecule has 0 radical (unpaired) electrons. The van der Waals surface area contributed by atoms with E-state index >= 15 is 28.8 Å². The van der Waals surface area contributed by atoms with Gasteiger partial charge >= 0.3 is 0 Å². The molecule has 572 valence electrons. The van der Waals surface area contributed by atoms with Crippen LogP contribution in [0.15, 0.2) is 24.3 Å². The van der Waals surface area contributed by atoms with Gasteiger partial charge in [-0.1, -0.05) is 57.8 Å². The van der Waals surface area contributed by atoms with Crippen molar-refractivity contribution in [1.82, 2.24) is 83.4 Å². The lowest BCUT2D eigenvalue weighted by Gasteiger charge is -2.43. The fraction of sp³-hybridized carbons (Fsp3) is 0.647. The Bertz CT molecular complexity index is 3850. The number of carbonyl (C=O) groups excluding carboxylic acids is 12. The predicted octanol–water partition coefficient (Wildman–Crippen LogP) is -3.21. The van der Waals surface area contributed by atoms with E-state index in [9.17, 15) is 49.2 Å². The zero-order valence-electron chi connectivity index (χ0n) is 59.6. The Morgan fingerprint density at radius 2 is 0.771 bits per heavy atom. The summed E-state index contributed by atoms with van der Waals surface area (Å²) in [5, 5.41) is 76.9. The van der Waals surface area contributed by atoms with Gasteiger partial charge < -0.3 is 77.5 Å². The van der Waals surface area contributed by atoms with Crippen molar-refractivity contribution in [2.75, 3.05) is 50.5 Å². The highest BCUT2D eigenvalue weighted by atomic mass is 35.5. The minimum absolute atomic E-state index is 0.0239. The molecule has 10 heterocycles. The number of hydrogen-bond donors (Lipinski definition) is 16. The third-order valence-corrected chi connectivity index (χ3v) is 22.6. The third-order valence-electron chi connectivity index (χ3n) is 22.0. The molecule has 8 fully saturated rings. The molecule has 105 heavy (non-hydrogen) atoms. The minimum Gasteiger partial charge on any atom is -0.391 e. The van der Waals surface area contributed by atoms with E-state index in [4.69, 9.17) is 27.9 Å². The molecule has 0 saturated carbocycles. The second-order valence-electron chi connectivity index (χ2n) is 29.6. The van der Waals surface area contributed by atoms with Crippen LogP contribution in [0.3, 0.4) is 0 Å². The van der Waals surface area contributed by atoms with Gasteiger partial charge in [0.05, 0.1) is 28.9 Å². The Balaban J connectivity index is 0.908. The van der Waals surface area contributed by atoms with Gasteiger partial charge in [-0.15, -0.1) is 0 Å². The van der Waals surface area contributed by atoms with Gasteiger partial charge in [0, 0.05) is 79.8 Å². The van der Waals surface area contributed by atoms with E-state index in [0.717, 1.165) is 24.8 Å². The first-order valence-electron chi connectivity index (χ1n) is 36.1. The zero-order valence-corrected chi connectivity index (χ0v) is 61.1. The van der Waals surface area contributed by atoms with Crippen LogP contribution >= 0.6 is 23.2 Å². The van der Waals surface area contributed by atoms with Gasteiger partial charge in [0.15, 0.2) is 0 Å². The second kappa shape index (κ2) is 30.3. The standard InChI is InChI=1S/C68H94Cl2N18O17/c1-9-39-53(91)81-51(31(6)89)61(99)83-47(57(95)79-49(29(2)3)63(101)87-45(16-12-20-73-87)59(97)85-43(55(93)75-39)14-10-18-71-85)26-67(103)35-22-33(37(69)24-40(35)77-65(67)83)34-23-36-41(25-38(34)70)78-66-68(36,104)27-48-58(96)80-50(30(4)5)64(102)88-46(17-13-21-74-88)60(98)86-44(15-11-19-72-86)56(94)76-42(28-105-8)54(92)82-52(32(7)90)62(100)84(48)66/h22-25,29-32,39,42-52,65-66,71-74,77-78,89-90,103-104H,9-21,26-28H2,1-8H3,(H,75,93)(H,76,94)(H,79,95)(H,80,96)(H,81,91)(H,82,92)/t31-,32-,39-,42-,43+,44+,45-,46-,47-,48-,49+,50+,51+,52+,65-,66-,67+,68+/m0/s1. The Hall–Kier alpha value is -8.10. The summed E-state index contributed by atoms with van der Waals surface area (Å²) in [4.78, 5) is 181. The molecule has 0 unspecified atom stereocenters. The molecule has 2 aromatic carbocycles. The van der Waals surface area contributed by atoms with Gasteiger partial charge in [-0.2, -0.15) is 0 Å². The summed E-state index contributed by atoms with van der Waals surface area (Å²) >= 11 is 14.5. The molecule has 10 aliphatic heterocycles. The summed E-state index contributed by atoms with van der Waals surface area (Å²) in [6.07, 6.45) is -5.36. The molecule has 16 N–H and O–H groups in total. The quantitative estimate of drug-likeness (QED) is 0.124. The SMILES string of the molecule is CC[C@@H]1NC(=O)[C@H]2CCCNN2C(=O)[C@@H]2CCCNN2C(=O)[C@@H](C(C)C)NC(=O)[C@@H]2C[C@@]3(O)c4cc(-c5cc6c(cc5Cl)N[C@H]5N7C(=O)[C@@H]([C@H](C)O)NC(=O)[C@H](COC)NC(=O)[C@H]8CCCNN8C(=O)[C@@H]8CCCNN8C(=O)[C@@H](C(C)C)NC(=O)[C@@H]7C[C@@]65O)c(Cl)cc4N[C@H]3N2C(=O)[C@@H]([C@H](C)O)NC1=O. The van der Waals surface area contributed by atoms with E-state index in [-0.39, 0.29) is 88.9 Å². The lowest BCUT2D eigenvalue weighted by atomic mass is 9.86. The van der Waals surface area contributed by atoms with E-state index in [1.165, 1.54) is 50.2 Å². The molecule has 0 aliphatic carbocycles. The maximum atomic E-state index is 15.6. The van der Waals surface area contributed by atoms with Crippen LogP contribution in [-0.4, -0.2) is 258 Å². The monoisotopic (exact) mass is 1500 g/mol. The Morgan fingerprint density at radius 1 is 0.438 bits per heavy atom. The topological polar surface area (TPSA) is 459 Å². The van der Waals surface area contributed by atoms with Crippen molar-refractivity contribution in [3.8, 4) is 11.1 Å². The summed E-state index contributed by atoms with van der Waals surface area (Å²) in [5.74, 6) is -11.5. The molecule has 0 aromatic heterocycles. The van der Waals surface area contributed by atoms with Crippen molar-refractivity contribution in [2.45, 2.75) is 227 Å². The number of nitrogens with zero attached hydrogens (tertiary/aromatic N) is 6. The zero-order chi connectivity index (χ0) is 75.7. The highest BCUT2D eigenvalue weighted by molar-refractivity contribution is 6.37. The van der Waals surface area contributed by atoms with Crippen molar-refractivity contribution in [3.63, 3.8) is 0 Å². The van der Waals surface area contributed by atoms with Gasteiger partial charge in [-0.3, -0.25) is 77.6 Å². The second-order valence-corrected chi connectivity index (χ2v) is 30.4. The van der Waals surface area contributed by atoms with E-state index in [0.29, 0.717) is 38.8 Å². The number of ether oxygens (including phenoxy) is 1. The molecule has 2 aromatic rings. The molecule has 10 aliphatic rings. The number of aliphatic hydroxyl groups excluding tert-OH is 2. The first-order chi connectivity index (χ1) is 49.8. The van der Waals surface area contributed by atoms with Crippen LogP contribution in [0.2, 0.25) is 10.0 Å². The Labute approximate surface area is 615 Å². The van der Waals surface area contributed by atoms with Crippen molar-refractivity contribution >= 4 is 105 Å². The molecule has 37 heteroatoms. The number of carbonyl (C=O) groups is 12. The number of hydrazine groups is 4. The van der Waals surface area contributed by atoms with Crippen LogP contribution in [0.4, 0.5) is 11.4 Å². The van der Waals surface area contributed by atoms with E-state index in [2.05, 4.69) is 64.2 Å². The number of methoxy groups -OCH3 is 1. The molecule has 0 bridgehead atoms. The average molecular weight is 1510 g/mol. The first-order valence-corrected chi connectivity index (χ1v) is 36.8. The van der Waals surface area contributed by atoms with Gasteiger partial charge in [0.2, 0.25) is 47.3 Å². The number of amides is 12. The van der Waals surface area contributed by atoms with Crippen LogP contribution in [0.1, 0.15) is 130 Å². The fourth-order valence-corrected chi connectivity index (χ4v) is 16.9. The Kier molecular flexibility index (Phi) is 22.1. The number of hydrogen-bond acceptors (Lipinski definition) is 23. The molecule has 12 amide bonds. The number of benzene rings is 2. The van der Waals surface area contributed by atoms with Crippen molar-refractivity contribution < 1.29 is 82.7 Å². The maximum Gasteiger partial charge on any atom is 0.261 e. The maximum absolute atomic E-state index is 15.6.